The van der Waals surface area contributed by atoms with E-state index in [0.29, 0.717) is 0 Å². The molecule has 6 nitrogen and oxygen atoms in total. The fourth-order valence-electron chi connectivity index (χ4n) is 5.91. The molecule has 200 valence electrons. The Morgan fingerprint density at radius 3 is 2.41 bits per heavy atom. The van der Waals surface area contributed by atoms with Crippen LogP contribution in [0.3, 0.4) is 0 Å². The van der Waals surface area contributed by atoms with Crippen LogP contribution in [0.1, 0.15) is 51.1 Å². The Hall–Kier alpha value is -3.74. The Balaban J connectivity index is 1.12. The first-order valence-electron chi connectivity index (χ1n) is 14.1. The van der Waals surface area contributed by atoms with Crippen LogP contribution in [0.2, 0.25) is 0 Å². The van der Waals surface area contributed by atoms with Gasteiger partial charge in [0.2, 0.25) is 0 Å². The second-order valence-corrected chi connectivity index (χ2v) is 11.0. The Bertz CT molecular complexity index is 1490. The molecule has 1 amide bonds. The van der Waals surface area contributed by atoms with E-state index in [-0.39, 0.29) is 5.91 Å². The highest BCUT2D eigenvalue weighted by Gasteiger charge is 2.21. The molecule has 1 aromatic heterocycles. The predicted octanol–water partition coefficient (Wildman–Crippen LogP) is 5.57. The Labute approximate surface area is 230 Å². The van der Waals surface area contributed by atoms with Gasteiger partial charge in [0.05, 0.1) is 5.52 Å². The van der Waals surface area contributed by atoms with Crippen molar-refractivity contribution in [3.63, 3.8) is 0 Å². The van der Waals surface area contributed by atoms with Gasteiger partial charge in [0.25, 0.3) is 5.91 Å². The van der Waals surface area contributed by atoms with Gasteiger partial charge >= 0.3 is 0 Å². The molecule has 6 rings (SSSR count). The molecule has 0 radical (unpaired) electrons. The number of nitrogen functional groups attached to an aromatic ring is 1. The largest absolute Gasteiger partial charge is 0.398 e. The fraction of sp³-hybridized carbons (Fsp3) is 0.333. The third kappa shape index (κ3) is 5.68. The number of hydrogen-bond acceptors (Lipinski definition) is 5. The van der Waals surface area contributed by atoms with E-state index < -0.39 is 0 Å². The summed E-state index contributed by atoms with van der Waals surface area (Å²) < 4.78 is 0. The maximum absolute atomic E-state index is 13.4. The number of carbonyl (C=O) groups excluding carboxylic acids is 1. The van der Waals surface area contributed by atoms with Gasteiger partial charge in [-0.1, -0.05) is 48.0 Å². The molecule has 3 aromatic carbocycles. The molecule has 4 aromatic rings. The summed E-state index contributed by atoms with van der Waals surface area (Å²) in [5.41, 5.74) is 15.8. The molecular weight excluding hydrogens is 482 g/mol. The minimum Gasteiger partial charge on any atom is -0.398 e. The summed E-state index contributed by atoms with van der Waals surface area (Å²) in [4.78, 5) is 23.2. The lowest BCUT2D eigenvalue weighted by Gasteiger charge is -2.35. The number of carbonyl (C=O) groups is 1. The molecule has 2 aliphatic rings. The number of fused-ring (bicyclic) bond motifs is 2. The van der Waals surface area contributed by atoms with E-state index in [1.807, 2.05) is 36.4 Å². The quantitative estimate of drug-likeness (QED) is 0.348. The van der Waals surface area contributed by atoms with Crippen molar-refractivity contribution in [3.8, 4) is 0 Å². The zero-order chi connectivity index (χ0) is 26.8. The van der Waals surface area contributed by atoms with Gasteiger partial charge in [-0.05, 0) is 73.6 Å². The lowest BCUT2D eigenvalue weighted by Crippen LogP contribution is -2.45. The first kappa shape index (κ1) is 25.5. The molecule has 1 saturated heterocycles. The van der Waals surface area contributed by atoms with Gasteiger partial charge < -0.3 is 11.1 Å². The average Bonchev–Trinajstić information content (AvgIpc) is 2.96. The van der Waals surface area contributed by atoms with Crippen LogP contribution in [-0.2, 0) is 25.9 Å². The van der Waals surface area contributed by atoms with Crippen molar-refractivity contribution in [2.24, 2.45) is 0 Å². The number of amides is 1. The fourth-order valence-corrected chi connectivity index (χ4v) is 5.91. The van der Waals surface area contributed by atoms with Crippen molar-refractivity contribution in [1.82, 2.24) is 14.8 Å². The van der Waals surface area contributed by atoms with Gasteiger partial charge in [0.1, 0.15) is 0 Å². The summed E-state index contributed by atoms with van der Waals surface area (Å²) in [6.07, 6.45) is 4.29. The van der Waals surface area contributed by atoms with Gasteiger partial charge in [0.15, 0.2) is 0 Å². The number of aromatic nitrogens is 1. The van der Waals surface area contributed by atoms with Crippen molar-refractivity contribution in [2.45, 2.75) is 45.7 Å². The van der Waals surface area contributed by atoms with E-state index in [9.17, 15) is 4.79 Å². The molecule has 0 spiro atoms. The van der Waals surface area contributed by atoms with Crippen LogP contribution in [0.4, 0.5) is 11.4 Å². The molecule has 1 aliphatic carbocycles. The van der Waals surface area contributed by atoms with Crippen LogP contribution >= 0.6 is 0 Å². The zero-order valence-corrected chi connectivity index (χ0v) is 22.7. The monoisotopic (exact) mass is 519 g/mol. The topological polar surface area (TPSA) is 74.5 Å². The van der Waals surface area contributed by atoms with Gasteiger partial charge in [0, 0.05) is 67.3 Å². The summed E-state index contributed by atoms with van der Waals surface area (Å²) in [6.45, 7) is 7.91. The van der Waals surface area contributed by atoms with Crippen LogP contribution in [0.15, 0.2) is 66.7 Å². The smallest absolute Gasteiger partial charge is 0.255 e. The van der Waals surface area contributed by atoms with Crippen LogP contribution in [0.25, 0.3) is 10.9 Å². The van der Waals surface area contributed by atoms with E-state index in [2.05, 4.69) is 52.4 Å². The minimum atomic E-state index is -0.0903. The molecule has 0 atom stereocenters. The zero-order valence-electron chi connectivity index (χ0n) is 22.7. The van der Waals surface area contributed by atoms with E-state index >= 15 is 0 Å². The minimum absolute atomic E-state index is 0.0903. The number of rotatable bonds is 6. The number of nitrogens with two attached hydrogens (primary N) is 1. The van der Waals surface area contributed by atoms with Gasteiger partial charge in [-0.25, -0.2) is 0 Å². The number of nitrogens with one attached hydrogen (secondary N) is 1. The van der Waals surface area contributed by atoms with Crippen molar-refractivity contribution in [2.75, 3.05) is 37.2 Å². The number of hydrogen-bond donors (Lipinski definition) is 2. The molecule has 6 heteroatoms. The molecule has 1 fully saturated rings. The van der Waals surface area contributed by atoms with Gasteiger partial charge in [-0.2, -0.15) is 0 Å². The number of benzene rings is 3. The number of aryl methyl sites for hydroxylation is 2. The van der Waals surface area contributed by atoms with Crippen molar-refractivity contribution in [1.29, 1.82) is 0 Å². The maximum Gasteiger partial charge on any atom is 0.255 e. The highest BCUT2D eigenvalue weighted by molar-refractivity contribution is 6.06. The molecule has 2 heterocycles. The van der Waals surface area contributed by atoms with Crippen LogP contribution in [0.5, 0.6) is 0 Å². The molecule has 3 N–H and O–H groups in total. The summed E-state index contributed by atoms with van der Waals surface area (Å²) >= 11 is 0. The maximum atomic E-state index is 13.4. The number of pyridine rings is 1. The van der Waals surface area contributed by atoms with Crippen molar-refractivity contribution < 1.29 is 4.79 Å². The number of nitrogens with zero attached hydrogens (tertiary/aromatic N) is 3. The molecule has 39 heavy (non-hydrogen) atoms. The molecule has 0 saturated carbocycles. The van der Waals surface area contributed by atoms with E-state index in [4.69, 9.17) is 10.7 Å². The van der Waals surface area contributed by atoms with Gasteiger partial charge in [-0.15, -0.1) is 0 Å². The normalized spacial score (nSPS) is 16.2. The lowest BCUT2D eigenvalue weighted by atomic mass is 9.93. The highest BCUT2D eigenvalue weighted by atomic mass is 16.1. The van der Waals surface area contributed by atoms with Gasteiger partial charge in [-0.3, -0.25) is 19.6 Å². The number of anilines is 2. The summed E-state index contributed by atoms with van der Waals surface area (Å²) in [5.74, 6) is -0.0903. The van der Waals surface area contributed by atoms with E-state index in [1.165, 1.54) is 23.1 Å². The summed E-state index contributed by atoms with van der Waals surface area (Å²) in [6, 6.07) is 22.6. The molecule has 0 unspecified atom stereocenters. The third-order valence-electron chi connectivity index (χ3n) is 8.21. The van der Waals surface area contributed by atoms with Crippen LogP contribution in [-0.4, -0.2) is 46.9 Å². The van der Waals surface area contributed by atoms with Crippen molar-refractivity contribution in [3.05, 3.63) is 100 Å². The predicted molar refractivity (Wildman–Crippen MR) is 159 cm³/mol. The SMILES string of the molecule is Cc1ccc(CN2CCN(Cc3ccccc3C(=O)Nc3ccc4nc5c(c(N)c4c3)CCCC5)CC2)cc1. The lowest BCUT2D eigenvalue weighted by molar-refractivity contribution is 0.102. The first-order chi connectivity index (χ1) is 19.0. The van der Waals surface area contributed by atoms with E-state index in [1.54, 1.807) is 0 Å². The highest BCUT2D eigenvalue weighted by Crippen LogP contribution is 2.32. The van der Waals surface area contributed by atoms with Crippen LogP contribution in [0, 0.1) is 6.92 Å². The Morgan fingerprint density at radius 1 is 0.897 bits per heavy atom. The standard InChI is InChI=1S/C33H37N5O/c1-23-10-12-24(13-11-23)21-37-16-18-38(19-17-37)22-25-6-2-3-7-27(25)33(39)35-26-14-15-31-29(20-26)32(34)28-8-4-5-9-30(28)36-31/h2-3,6-7,10-15,20H,4-5,8-9,16-19,21-22H2,1H3,(H2,34,36)(H,35,39). The molecule has 0 bridgehead atoms. The molecule has 1 aliphatic heterocycles. The second kappa shape index (κ2) is 11.2. The second-order valence-electron chi connectivity index (χ2n) is 11.0. The summed E-state index contributed by atoms with van der Waals surface area (Å²) in [7, 11) is 0. The Morgan fingerprint density at radius 2 is 1.62 bits per heavy atom. The van der Waals surface area contributed by atoms with Crippen molar-refractivity contribution >= 4 is 28.2 Å². The molecular formula is C33H37N5O. The van der Waals surface area contributed by atoms with E-state index in [0.717, 1.165) is 97.6 Å². The van der Waals surface area contributed by atoms with Crippen LogP contribution < -0.4 is 11.1 Å². The average molecular weight is 520 g/mol. The Kier molecular flexibility index (Phi) is 7.31. The number of piperazine rings is 1. The summed E-state index contributed by atoms with van der Waals surface area (Å²) in [5, 5.41) is 4.05. The first-order valence-corrected chi connectivity index (χ1v) is 14.1. The third-order valence-corrected chi connectivity index (χ3v) is 8.21.